The molecule has 0 fully saturated rings. The second kappa shape index (κ2) is 9.41. The third-order valence-corrected chi connectivity index (χ3v) is 3.84. The summed E-state index contributed by atoms with van der Waals surface area (Å²) in [5, 5.41) is 18.7. The molecule has 0 aliphatic carbocycles. The van der Waals surface area contributed by atoms with E-state index in [1.165, 1.54) is 0 Å². The molecule has 0 radical (unpaired) electrons. The summed E-state index contributed by atoms with van der Waals surface area (Å²) in [5.41, 5.74) is 0.0861. The Balaban J connectivity index is 3.34. The fraction of sp³-hybridized carbons (Fsp3) is 0.500. The number of rotatable bonds is 8. The van der Waals surface area contributed by atoms with Crippen LogP contribution in [-0.4, -0.2) is 13.2 Å². The van der Waals surface area contributed by atoms with Gasteiger partial charge in [0.2, 0.25) is 0 Å². The Hall–Kier alpha value is -1.62. The highest BCUT2D eigenvalue weighted by molar-refractivity contribution is 6.44. The number of halogens is 2. The lowest BCUT2D eigenvalue weighted by Crippen LogP contribution is -2.06. The Labute approximate surface area is 141 Å². The van der Waals surface area contributed by atoms with E-state index in [-0.39, 0.29) is 32.7 Å². The fourth-order valence-corrected chi connectivity index (χ4v) is 2.22. The molecule has 4 nitrogen and oxygen atoms in total. The molecular formula is C16H18Cl2N2O2. The maximum Gasteiger partial charge on any atom is 0.182 e. The first kappa shape index (κ1) is 18.4. The van der Waals surface area contributed by atoms with Gasteiger partial charge in [-0.25, -0.2) is 0 Å². The largest absolute Gasteiger partial charge is 0.488 e. The number of hydrogen-bond acceptors (Lipinski definition) is 4. The van der Waals surface area contributed by atoms with E-state index >= 15 is 0 Å². The molecule has 6 heteroatoms. The van der Waals surface area contributed by atoms with Crippen LogP contribution >= 0.6 is 23.2 Å². The number of nitrogens with zero attached hydrogens (tertiary/aromatic N) is 2. The molecule has 22 heavy (non-hydrogen) atoms. The highest BCUT2D eigenvalue weighted by atomic mass is 35.5. The number of unbranched alkanes of at least 4 members (excludes halogenated alkanes) is 2. The molecule has 0 spiro atoms. The molecule has 0 aliphatic rings. The highest BCUT2D eigenvalue weighted by Gasteiger charge is 2.25. The molecule has 0 unspecified atom stereocenters. The van der Waals surface area contributed by atoms with Crippen LogP contribution in [0.4, 0.5) is 0 Å². The Kier molecular flexibility index (Phi) is 7.88. The first-order valence-electron chi connectivity index (χ1n) is 7.22. The van der Waals surface area contributed by atoms with Crippen molar-refractivity contribution in [1.82, 2.24) is 0 Å². The number of nitriles is 2. The molecule has 0 aliphatic heterocycles. The van der Waals surface area contributed by atoms with Crippen LogP contribution in [0.25, 0.3) is 0 Å². The summed E-state index contributed by atoms with van der Waals surface area (Å²) < 4.78 is 11.3. The van der Waals surface area contributed by atoms with E-state index in [1.54, 1.807) is 0 Å². The van der Waals surface area contributed by atoms with Gasteiger partial charge >= 0.3 is 0 Å². The van der Waals surface area contributed by atoms with Crippen molar-refractivity contribution < 1.29 is 9.47 Å². The van der Waals surface area contributed by atoms with Gasteiger partial charge in [0.15, 0.2) is 11.5 Å². The standard InChI is InChI=1S/C16H18Cl2N2O2/c1-3-5-7-21-15-12(10-20)11(9-19)13(17)14(18)16(15)22-8-6-4-2/h3-8H2,1-2H3. The first-order valence-corrected chi connectivity index (χ1v) is 7.98. The Bertz CT molecular complexity index is 604. The van der Waals surface area contributed by atoms with E-state index in [1.807, 2.05) is 26.0 Å². The average molecular weight is 341 g/mol. The summed E-state index contributed by atoms with van der Waals surface area (Å²) in [6.07, 6.45) is 3.56. The van der Waals surface area contributed by atoms with Crippen molar-refractivity contribution in [3.63, 3.8) is 0 Å². The Morgan fingerprint density at radius 3 is 1.77 bits per heavy atom. The second-order valence-corrected chi connectivity index (χ2v) is 5.42. The monoisotopic (exact) mass is 340 g/mol. The van der Waals surface area contributed by atoms with E-state index in [9.17, 15) is 10.5 Å². The van der Waals surface area contributed by atoms with Gasteiger partial charge in [0.25, 0.3) is 0 Å². The van der Waals surface area contributed by atoms with Crippen LogP contribution in [0.5, 0.6) is 11.5 Å². The highest BCUT2D eigenvalue weighted by Crippen LogP contribution is 2.45. The zero-order chi connectivity index (χ0) is 16.5. The van der Waals surface area contributed by atoms with Crippen molar-refractivity contribution in [3.8, 4) is 23.6 Å². The van der Waals surface area contributed by atoms with E-state index < -0.39 is 0 Å². The fourth-order valence-electron chi connectivity index (χ4n) is 1.76. The van der Waals surface area contributed by atoms with Crippen LogP contribution < -0.4 is 9.47 Å². The van der Waals surface area contributed by atoms with Crippen molar-refractivity contribution in [2.75, 3.05) is 13.2 Å². The van der Waals surface area contributed by atoms with Crippen LogP contribution in [0, 0.1) is 22.7 Å². The summed E-state index contributed by atoms with van der Waals surface area (Å²) in [6, 6.07) is 3.88. The molecule has 1 aromatic rings. The van der Waals surface area contributed by atoms with Gasteiger partial charge in [0.05, 0.1) is 23.8 Å². The van der Waals surface area contributed by atoms with Crippen LogP contribution in [0.15, 0.2) is 0 Å². The minimum Gasteiger partial charge on any atom is -0.488 e. The third-order valence-electron chi connectivity index (χ3n) is 3.01. The van der Waals surface area contributed by atoms with Crippen LogP contribution in [0.1, 0.15) is 50.7 Å². The van der Waals surface area contributed by atoms with Gasteiger partial charge in [-0.15, -0.1) is 0 Å². The Morgan fingerprint density at radius 1 is 0.818 bits per heavy atom. The lowest BCUT2D eigenvalue weighted by atomic mass is 10.1. The average Bonchev–Trinajstić information content (AvgIpc) is 2.53. The molecule has 1 rings (SSSR count). The van der Waals surface area contributed by atoms with Gasteiger partial charge in [-0.1, -0.05) is 49.9 Å². The molecular weight excluding hydrogens is 323 g/mol. The summed E-state index contributed by atoms with van der Waals surface area (Å²) >= 11 is 12.3. The molecule has 0 saturated carbocycles. The maximum atomic E-state index is 9.36. The molecule has 1 aromatic carbocycles. The normalized spacial score (nSPS) is 9.91. The summed E-state index contributed by atoms with van der Waals surface area (Å²) in [6.45, 7) is 4.92. The second-order valence-electron chi connectivity index (χ2n) is 4.66. The zero-order valence-electron chi connectivity index (χ0n) is 12.7. The van der Waals surface area contributed by atoms with Gasteiger partial charge < -0.3 is 9.47 Å². The number of ether oxygens (including phenoxy) is 2. The topological polar surface area (TPSA) is 66.0 Å². The van der Waals surface area contributed by atoms with E-state index in [4.69, 9.17) is 32.7 Å². The van der Waals surface area contributed by atoms with Crippen molar-refractivity contribution in [1.29, 1.82) is 10.5 Å². The summed E-state index contributed by atoms with van der Waals surface area (Å²) in [4.78, 5) is 0. The van der Waals surface area contributed by atoms with Crippen molar-refractivity contribution >= 4 is 23.2 Å². The molecule has 0 amide bonds. The number of benzene rings is 1. The van der Waals surface area contributed by atoms with Crippen molar-refractivity contribution in [3.05, 3.63) is 21.2 Å². The van der Waals surface area contributed by atoms with E-state index in [0.29, 0.717) is 13.2 Å². The predicted octanol–water partition coefficient (Wildman–Crippen LogP) is 5.09. The van der Waals surface area contributed by atoms with Gasteiger partial charge in [0.1, 0.15) is 22.7 Å². The number of hydrogen-bond donors (Lipinski definition) is 0. The molecule has 0 bridgehead atoms. The third kappa shape index (κ3) is 4.19. The van der Waals surface area contributed by atoms with Gasteiger partial charge in [0, 0.05) is 0 Å². The van der Waals surface area contributed by atoms with Crippen molar-refractivity contribution in [2.24, 2.45) is 0 Å². The van der Waals surface area contributed by atoms with Gasteiger partial charge in [-0.05, 0) is 12.8 Å². The molecule has 0 atom stereocenters. The molecule has 0 heterocycles. The van der Waals surface area contributed by atoms with E-state index in [2.05, 4.69) is 0 Å². The SMILES string of the molecule is CCCCOc1c(Cl)c(Cl)c(C#N)c(C#N)c1OCCCC. The van der Waals surface area contributed by atoms with E-state index in [0.717, 1.165) is 25.7 Å². The van der Waals surface area contributed by atoms with Gasteiger partial charge in [-0.2, -0.15) is 10.5 Å². The quantitative estimate of drug-likeness (QED) is 0.617. The zero-order valence-corrected chi connectivity index (χ0v) is 14.2. The van der Waals surface area contributed by atoms with Crippen LogP contribution in [0.3, 0.4) is 0 Å². The van der Waals surface area contributed by atoms with Crippen LogP contribution in [-0.2, 0) is 0 Å². The van der Waals surface area contributed by atoms with Crippen LogP contribution in [0.2, 0.25) is 10.0 Å². The minimum absolute atomic E-state index is 0.0171. The van der Waals surface area contributed by atoms with Gasteiger partial charge in [-0.3, -0.25) is 0 Å². The lowest BCUT2D eigenvalue weighted by molar-refractivity contribution is 0.261. The molecule has 0 N–H and O–H groups in total. The summed E-state index contributed by atoms with van der Waals surface area (Å²) in [5.74, 6) is 0.449. The Morgan fingerprint density at radius 2 is 1.32 bits per heavy atom. The smallest absolute Gasteiger partial charge is 0.182 e. The lowest BCUT2D eigenvalue weighted by Gasteiger charge is -2.17. The van der Waals surface area contributed by atoms with Crippen molar-refractivity contribution in [2.45, 2.75) is 39.5 Å². The molecule has 0 saturated heterocycles. The minimum atomic E-state index is 0.0171. The predicted molar refractivity (Wildman–Crippen MR) is 86.7 cm³/mol. The maximum absolute atomic E-state index is 9.36. The first-order chi connectivity index (χ1) is 10.6. The summed E-state index contributed by atoms with van der Waals surface area (Å²) in [7, 11) is 0. The molecule has 118 valence electrons. The molecule has 0 aromatic heterocycles.